The van der Waals surface area contributed by atoms with Crippen LogP contribution < -0.4 is 10.5 Å². The molecule has 0 heterocycles. The molecule has 1 rings (SSSR count). The molecule has 88 valence electrons. The van der Waals surface area contributed by atoms with Crippen LogP contribution in [0.5, 0.6) is 5.75 Å². The largest absolute Gasteiger partial charge is 0.486 e. The Labute approximate surface area is 93.8 Å². The normalized spacial score (nSPS) is 12.1. The number of nitrogen functional groups attached to an aromatic ring is 1. The summed E-state index contributed by atoms with van der Waals surface area (Å²) in [6, 6.07) is 4.66. The molecule has 0 bridgehead atoms. The molecule has 3 N–H and O–H groups in total. The maximum atomic E-state index is 10.8. The molecule has 1 aromatic rings. The van der Waals surface area contributed by atoms with Gasteiger partial charge in [0.1, 0.15) is 11.9 Å². The summed E-state index contributed by atoms with van der Waals surface area (Å²) in [5.41, 5.74) is 5.86. The van der Waals surface area contributed by atoms with Crippen molar-refractivity contribution in [2.24, 2.45) is 0 Å². The minimum atomic E-state index is -1.07. The standard InChI is InChI=1S/C11H15NO4/c1-7(6-15-2)16-9-5-3-4-8(10(9)12)11(13)14/h3-5,7H,6,12H2,1-2H3,(H,13,14). The van der Waals surface area contributed by atoms with Crippen molar-refractivity contribution in [1.82, 2.24) is 0 Å². The molecule has 0 radical (unpaired) electrons. The van der Waals surface area contributed by atoms with E-state index in [0.29, 0.717) is 12.4 Å². The zero-order valence-electron chi connectivity index (χ0n) is 9.27. The third-order valence-electron chi connectivity index (χ3n) is 2.03. The third kappa shape index (κ3) is 2.87. The number of hydrogen-bond acceptors (Lipinski definition) is 4. The minimum absolute atomic E-state index is 0.0436. The second kappa shape index (κ2) is 5.37. The molecule has 0 fully saturated rings. The number of nitrogens with two attached hydrogens (primary N) is 1. The van der Waals surface area contributed by atoms with E-state index in [2.05, 4.69) is 0 Å². The Morgan fingerprint density at radius 3 is 2.81 bits per heavy atom. The number of rotatable bonds is 5. The zero-order valence-corrected chi connectivity index (χ0v) is 9.27. The van der Waals surface area contributed by atoms with Gasteiger partial charge in [-0.3, -0.25) is 0 Å². The van der Waals surface area contributed by atoms with Gasteiger partial charge in [-0.15, -0.1) is 0 Å². The van der Waals surface area contributed by atoms with Crippen LogP contribution in [0.4, 0.5) is 5.69 Å². The fourth-order valence-electron chi connectivity index (χ4n) is 1.32. The summed E-state index contributed by atoms with van der Waals surface area (Å²) in [6.45, 7) is 2.23. The molecule has 0 aliphatic carbocycles. The van der Waals surface area contributed by atoms with Gasteiger partial charge in [0.25, 0.3) is 0 Å². The molecule has 5 heteroatoms. The van der Waals surface area contributed by atoms with E-state index in [1.165, 1.54) is 6.07 Å². The van der Waals surface area contributed by atoms with Crippen molar-refractivity contribution in [3.63, 3.8) is 0 Å². The number of carboxylic acids is 1. The van der Waals surface area contributed by atoms with Gasteiger partial charge in [-0.2, -0.15) is 0 Å². The lowest BCUT2D eigenvalue weighted by atomic mass is 10.1. The van der Waals surface area contributed by atoms with Crippen LogP contribution in [0.1, 0.15) is 17.3 Å². The van der Waals surface area contributed by atoms with E-state index in [9.17, 15) is 4.79 Å². The fraction of sp³-hybridized carbons (Fsp3) is 0.364. The quantitative estimate of drug-likeness (QED) is 0.740. The van der Waals surface area contributed by atoms with Gasteiger partial charge in [0.05, 0.1) is 17.9 Å². The summed E-state index contributed by atoms with van der Waals surface area (Å²) in [4.78, 5) is 10.8. The van der Waals surface area contributed by atoms with Crippen molar-refractivity contribution in [3.8, 4) is 5.75 Å². The molecule has 0 spiro atoms. The number of ether oxygens (including phenoxy) is 2. The average molecular weight is 225 g/mol. The smallest absolute Gasteiger partial charge is 0.337 e. The van der Waals surface area contributed by atoms with Gasteiger partial charge >= 0.3 is 5.97 Å². The molecule has 0 saturated carbocycles. The van der Waals surface area contributed by atoms with E-state index >= 15 is 0 Å². The fourth-order valence-corrected chi connectivity index (χ4v) is 1.32. The van der Waals surface area contributed by atoms with E-state index in [4.69, 9.17) is 20.3 Å². The Morgan fingerprint density at radius 2 is 2.25 bits per heavy atom. The molecule has 1 unspecified atom stereocenters. The number of benzene rings is 1. The Hall–Kier alpha value is -1.75. The lowest BCUT2D eigenvalue weighted by Crippen LogP contribution is -2.19. The number of carbonyl (C=O) groups is 1. The Bertz CT molecular complexity index is 378. The number of aromatic carboxylic acids is 1. The van der Waals surface area contributed by atoms with Crippen LogP contribution in [0.25, 0.3) is 0 Å². The van der Waals surface area contributed by atoms with Crippen molar-refractivity contribution in [1.29, 1.82) is 0 Å². The van der Waals surface area contributed by atoms with Crippen molar-refractivity contribution in [2.75, 3.05) is 19.5 Å². The van der Waals surface area contributed by atoms with Crippen LogP contribution in [0.2, 0.25) is 0 Å². The summed E-state index contributed by atoms with van der Waals surface area (Å²) >= 11 is 0. The van der Waals surface area contributed by atoms with Crippen LogP contribution in [-0.2, 0) is 4.74 Å². The first-order chi connectivity index (χ1) is 7.56. The number of hydrogen-bond donors (Lipinski definition) is 2. The van der Waals surface area contributed by atoms with Crippen molar-refractivity contribution < 1.29 is 19.4 Å². The molecular formula is C11H15NO4. The van der Waals surface area contributed by atoms with E-state index in [1.54, 1.807) is 19.2 Å². The zero-order chi connectivity index (χ0) is 12.1. The summed E-state index contributed by atoms with van der Waals surface area (Å²) < 4.78 is 10.4. The molecule has 1 atom stereocenters. The molecule has 0 amide bonds. The highest BCUT2D eigenvalue weighted by atomic mass is 16.5. The summed E-state index contributed by atoms with van der Waals surface area (Å²) in [5.74, 6) is -0.702. The van der Waals surface area contributed by atoms with Gasteiger partial charge in [-0.1, -0.05) is 6.07 Å². The second-order valence-electron chi connectivity index (χ2n) is 3.41. The Balaban J connectivity index is 2.89. The van der Waals surface area contributed by atoms with Gasteiger partial charge in [-0.25, -0.2) is 4.79 Å². The minimum Gasteiger partial charge on any atom is -0.486 e. The van der Waals surface area contributed by atoms with Crippen LogP contribution in [0.3, 0.4) is 0 Å². The van der Waals surface area contributed by atoms with Crippen molar-refractivity contribution in [3.05, 3.63) is 23.8 Å². The molecule has 1 aromatic carbocycles. The predicted molar refractivity (Wildman–Crippen MR) is 59.8 cm³/mol. The number of carboxylic acid groups (broad SMARTS) is 1. The maximum absolute atomic E-state index is 10.8. The monoisotopic (exact) mass is 225 g/mol. The van der Waals surface area contributed by atoms with E-state index in [0.717, 1.165) is 0 Å². The number of anilines is 1. The second-order valence-corrected chi connectivity index (χ2v) is 3.41. The van der Waals surface area contributed by atoms with E-state index < -0.39 is 5.97 Å². The van der Waals surface area contributed by atoms with Crippen LogP contribution in [-0.4, -0.2) is 30.9 Å². The highest BCUT2D eigenvalue weighted by molar-refractivity contribution is 5.95. The Morgan fingerprint density at radius 1 is 1.56 bits per heavy atom. The molecule has 5 nitrogen and oxygen atoms in total. The lowest BCUT2D eigenvalue weighted by Gasteiger charge is -2.16. The first-order valence-electron chi connectivity index (χ1n) is 4.83. The van der Waals surface area contributed by atoms with Gasteiger partial charge in [-0.05, 0) is 19.1 Å². The van der Waals surface area contributed by atoms with Crippen LogP contribution in [0.15, 0.2) is 18.2 Å². The van der Waals surface area contributed by atoms with Gasteiger partial charge in [0.2, 0.25) is 0 Å². The van der Waals surface area contributed by atoms with Crippen LogP contribution in [0, 0.1) is 0 Å². The first kappa shape index (κ1) is 12.3. The van der Waals surface area contributed by atoms with E-state index in [1.807, 2.05) is 6.92 Å². The molecular weight excluding hydrogens is 210 g/mol. The van der Waals surface area contributed by atoms with Crippen molar-refractivity contribution >= 4 is 11.7 Å². The van der Waals surface area contributed by atoms with Gasteiger partial charge < -0.3 is 20.3 Å². The highest BCUT2D eigenvalue weighted by Crippen LogP contribution is 2.26. The number of methoxy groups -OCH3 is 1. The SMILES string of the molecule is COCC(C)Oc1cccc(C(=O)O)c1N. The molecule has 0 aromatic heterocycles. The molecule has 16 heavy (non-hydrogen) atoms. The molecule has 0 aliphatic rings. The van der Waals surface area contributed by atoms with E-state index in [-0.39, 0.29) is 17.4 Å². The lowest BCUT2D eigenvalue weighted by molar-refractivity contribution is 0.0696. The third-order valence-corrected chi connectivity index (χ3v) is 2.03. The molecule has 0 saturated heterocycles. The summed E-state index contributed by atoms with van der Waals surface area (Å²) in [7, 11) is 1.57. The van der Waals surface area contributed by atoms with Crippen LogP contribution >= 0.6 is 0 Å². The Kier molecular flexibility index (Phi) is 4.13. The summed E-state index contributed by atoms with van der Waals surface area (Å²) in [5, 5.41) is 8.87. The molecule has 0 aliphatic heterocycles. The average Bonchev–Trinajstić information content (AvgIpc) is 2.21. The number of para-hydroxylation sites is 1. The van der Waals surface area contributed by atoms with Gasteiger partial charge in [0.15, 0.2) is 0 Å². The van der Waals surface area contributed by atoms with Gasteiger partial charge in [0, 0.05) is 7.11 Å². The summed E-state index contributed by atoms with van der Waals surface area (Å²) in [6.07, 6.45) is -0.184. The maximum Gasteiger partial charge on any atom is 0.337 e. The topological polar surface area (TPSA) is 81.8 Å². The highest BCUT2D eigenvalue weighted by Gasteiger charge is 2.13. The van der Waals surface area contributed by atoms with Crippen molar-refractivity contribution in [2.45, 2.75) is 13.0 Å². The first-order valence-corrected chi connectivity index (χ1v) is 4.83. The predicted octanol–water partition coefficient (Wildman–Crippen LogP) is 1.38.